The van der Waals surface area contributed by atoms with Gasteiger partial charge in [0.25, 0.3) is 6.79 Å². The molecule has 31 heavy (non-hydrogen) atoms. The second kappa shape index (κ2) is 9.33. The van der Waals surface area contributed by atoms with Crippen molar-refractivity contribution in [2.75, 3.05) is 13.7 Å². The molecule has 0 aliphatic heterocycles. The maximum atomic E-state index is 11.3. The number of aliphatic hydroxyl groups excluding tert-OH is 1. The van der Waals surface area contributed by atoms with Crippen molar-refractivity contribution in [2.24, 2.45) is 0 Å². The summed E-state index contributed by atoms with van der Waals surface area (Å²) in [6.07, 6.45) is 8.69. The Morgan fingerprint density at radius 2 is 1.87 bits per heavy atom. The Labute approximate surface area is 186 Å². The van der Waals surface area contributed by atoms with Gasteiger partial charge in [-0.25, -0.2) is 4.42 Å². The molecule has 1 N–H and O–H groups in total. The van der Waals surface area contributed by atoms with Crippen molar-refractivity contribution in [3.05, 3.63) is 77.9 Å². The van der Waals surface area contributed by atoms with Crippen molar-refractivity contribution in [1.29, 1.82) is 0 Å². The predicted octanol–water partition coefficient (Wildman–Crippen LogP) is 6.84. The summed E-state index contributed by atoms with van der Waals surface area (Å²) < 4.78 is 17.2. The average molecular weight is 434 g/mol. The molecule has 4 rings (SSSR count). The van der Waals surface area contributed by atoms with Gasteiger partial charge in [0.2, 0.25) is 0 Å². The van der Waals surface area contributed by atoms with Crippen LogP contribution in [0.15, 0.2) is 72.3 Å². The van der Waals surface area contributed by atoms with Crippen molar-refractivity contribution in [2.45, 2.75) is 19.4 Å². The molecule has 1 aromatic heterocycles. The molecule has 0 amide bonds. The highest BCUT2D eigenvalue weighted by molar-refractivity contribution is 7.22. The van der Waals surface area contributed by atoms with Crippen LogP contribution in [0.5, 0.6) is 11.5 Å². The molecule has 0 atom stereocenters. The van der Waals surface area contributed by atoms with E-state index in [1.807, 2.05) is 66.8 Å². The third kappa shape index (κ3) is 4.33. The third-order valence-electron chi connectivity index (χ3n) is 5.14. The van der Waals surface area contributed by atoms with Crippen LogP contribution in [0.1, 0.15) is 18.9 Å². The summed E-state index contributed by atoms with van der Waals surface area (Å²) in [5.41, 5.74) is 2.57. The van der Waals surface area contributed by atoms with Crippen LogP contribution in [0.3, 0.4) is 0 Å². The number of ether oxygens (including phenoxy) is 2. The molecule has 0 saturated heterocycles. The molecule has 158 valence electrons. The second-order valence-electron chi connectivity index (χ2n) is 7.19. The maximum absolute atomic E-state index is 11.3. The SMILES string of the molecule is C=[O+]c1ccc2c(C(O)=C3C=CC(OCCC)C=C3)c(-c3ccc(OC)cc3)sc2c1. The molecule has 3 aromatic rings. The number of carbonyl (C=O) groups excluding carboxylic acids is 1. The predicted molar refractivity (Wildman–Crippen MR) is 128 cm³/mol. The summed E-state index contributed by atoms with van der Waals surface area (Å²) in [7, 11) is 1.65. The van der Waals surface area contributed by atoms with E-state index >= 15 is 0 Å². The van der Waals surface area contributed by atoms with E-state index in [1.165, 1.54) is 0 Å². The van der Waals surface area contributed by atoms with Crippen molar-refractivity contribution in [1.82, 2.24) is 0 Å². The standard InChI is InChI=1S/C26H24O4S/c1-4-15-30-20-11-5-17(6-12-20)25(27)24-22-14-13-21(29-3)16-23(22)31-26(24)18-7-9-19(28-2)10-8-18/h5-14,16,20H,3-4,15H2,1-2H3/p+1. The molecule has 0 saturated carbocycles. The number of hydrogen-bond donors (Lipinski definition) is 1. The van der Waals surface area contributed by atoms with Crippen LogP contribution in [0.4, 0.5) is 0 Å². The Morgan fingerprint density at radius 3 is 2.52 bits per heavy atom. The second-order valence-corrected chi connectivity index (χ2v) is 8.25. The highest BCUT2D eigenvalue weighted by Crippen LogP contribution is 2.44. The molecule has 5 heteroatoms. The lowest BCUT2D eigenvalue weighted by atomic mass is 9.98. The van der Waals surface area contributed by atoms with Gasteiger partial charge in [-0.05, 0) is 42.3 Å². The smallest absolute Gasteiger partial charge is 0.353 e. The van der Waals surface area contributed by atoms with Crippen LogP contribution in [-0.4, -0.2) is 31.7 Å². The largest absolute Gasteiger partial charge is 0.507 e. The molecule has 0 spiro atoms. The topological polar surface area (TPSA) is 50.0 Å². The number of aliphatic hydroxyl groups is 1. The Hall–Kier alpha value is -3.15. The summed E-state index contributed by atoms with van der Waals surface area (Å²) in [6.45, 7) is 6.30. The van der Waals surface area contributed by atoms with Gasteiger partial charge in [-0.15, -0.1) is 11.3 Å². The van der Waals surface area contributed by atoms with Gasteiger partial charge in [0.05, 0.1) is 19.3 Å². The van der Waals surface area contributed by atoms with E-state index in [4.69, 9.17) is 13.9 Å². The summed E-state index contributed by atoms with van der Waals surface area (Å²) in [5, 5.41) is 12.3. The van der Waals surface area contributed by atoms with Crippen molar-refractivity contribution in [3.63, 3.8) is 0 Å². The fourth-order valence-corrected chi connectivity index (χ4v) is 4.77. The number of allylic oxidation sites excluding steroid dienone is 3. The summed E-state index contributed by atoms with van der Waals surface area (Å²) in [4.78, 5) is 0.982. The third-order valence-corrected chi connectivity index (χ3v) is 6.34. The van der Waals surface area contributed by atoms with Crippen molar-refractivity contribution < 1.29 is 19.0 Å². The average Bonchev–Trinajstić information content (AvgIpc) is 3.21. The Bertz CT molecular complexity index is 1170. The Balaban J connectivity index is 1.83. The van der Waals surface area contributed by atoms with E-state index in [2.05, 4.69) is 13.7 Å². The van der Waals surface area contributed by atoms with E-state index in [0.717, 1.165) is 43.8 Å². The molecular formula is C26H25O4S+. The summed E-state index contributed by atoms with van der Waals surface area (Å²) in [6, 6.07) is 13.6. The first-order valence-electron chi connectivity index (χ1n) is 10.2. The molecule has 4 nitrogen and oxygen atoms in total. The number of benzene rings is 2. The number of fused-ring (bicyclic) bond motifs is 1. The quantitative estimate of drug-likeness (QED) is 0.328. The van der Waals surface area contributed by atoms with Crippen LogP contribution in [0, 0.1) is 0 Å². The molecule has 1 aliphatic carbocycles. The molecule has 0 unspecified atom stereocenters. The lowest BCUT2D eigenvalue weighted by Gasteiger charge is -2.14. The van der Waals surface area contributed by atoms with E-state index in [9.17, 15) is 5.11 Å². The molecule has 0 fully saturated rings. The van der Waals surface area contributed by atoms with E-state index in [-0.39, 0.29) is 11.9 Å². The number of methoxy groups -OCH3 is 1. The van der Waals surface area contributed by atoms with Gasteiger partial charge in [-0.2, -0.15) is 0 Å². The first-order chi connectivity index (χ1) is 15.1. The number of thiophene rings is 1. The van der Waals surface area contributed by atoms with Gasteiger partial charge >= 0.3 is 5.75 Å². The van der Waals surface area contributed by atoms with Crippen LogP contribution in [0.2, 0.25) is 0 Å². The van der Waals surface area contributed by atoms with Crippen LogP contribution < -0.4 is 4.74 Å². The Morgan fingerprint density at radius 1 is 1.13 bits per heavy atom. The van der Waals surface area contributed by atoms with Gasteiger partial charge in [0, 0.05) is 38.8 Å². The van der Waals surface area contributed by atoms with Gasteiger partial charge in [-0.3, -0.25) is 0 Å². The zero-order valence-electron chi connectivity index (χ0n) is 17.6. The molecule has 1 heterocycles. The first-order valence-corrected chi connectivity index (χ1v) is 11.0. The Kier molecular flexibility index (Phi) is 6.35. The molecule has 2 aromatic carbocycles. The molecule has 0 radical (unpaired) electrons. The van der Waals surface area contributed by atoms with Gasteiger partial charge in [-0.1, -0.05) is 31.2 Å². The monoisotopic (exact) mass is 433 g/mol. The molecule has 0 bridgehead atoms. The highest BCUT2D eigenvalue weighted by atomic mass is 32.1. The fourth-order valence-electron chi connectivity index (χ4n) is 3.53. The van der Waals surface area contributed by atoms with Crippen LogP contribution >= 0.6 is 11.3 Å². The number of rotatable bonds is 7. The lowest BCUT2D eigenvalue weighted by Crippen LogP contribution is -2.09. The molecule has 1 aliphatic rings. The summed E-state index contributed by atoms with van der Waals surface area (Å²) >= 11 is 1.61. The highest BCUT2D eigenvalue weighted by Gasteiger charge is 2.21. The first kappa shape index (κ1) is 21.1. The van der Waals surface area contributed by atoms with Gasteiger partial charge < -0.3 is 14.6 Å². The van der Waals surface area contributed by atoms with Crippen LogP contribution in [-0.2, 0) is 9.16 Å². The van der Waals surface area contributed by atoms with E-state index < -0.39 is 0 Å². The van der Waals surface area contributed by atoms with Crippen molar-refractivity contribution >= 4 is 34.0 Å². The molecular weight excluding hydrogens is 408 g/mol. The zero-order chi connectivity index (χ0) is 21.8. The lowest BCUT2D eigenvalue weighted by molar-refractivity contribution is -0.354. The number of hydrogen-bond acceptors (Lipinski definition) is 4. The minimum atomic E-state index is -0.0615. The van der Waals surface area contributed by atoms with Crippen LogP contribution in [0.25, 0.3) is 26.3 Å². The minimum absolute atomic E-state index is 0.0615. The van der Waals surface area contributed by atoms with Crippen molar-refractivity contribution in [3.8, 4) is 21.9 Å². The van der Waals surface area contributed by atoms with E-state index in [0.29, 0.717) is 12.4 Å². The summed E-state index contributed by atoms with van der Waals surface area (Å²) in [5.74, 6) is 1.71. The normalized spacial score (nSPS) is 15.4. The van der Waals surface area contributed by atoms with Gasteiger partial charge in [0.15, 0.2) is 0 Å². The zero-order valence-corrected chi connectivity index (χ0v) is 18.4. The van der Waals surface area contributed by atoms with E-state index in [1.54, 1.807) is 18.4 Å². The maximum Gasteiger partial charge on any atom is 0.353 e. The fraction of sp³-hybridized carbons (Fsp3) is 0.192. The van der Waals surface area contributed by atoms with Gasteiger partial charge in [0.1, 0.15) is 11.5 Å². The minimum Gasteiger partial charge on any atom is -0.507 e.